The molecule has 0 aliphatic heterocycles. The average Bonchev–Trinajstić information content (AvgIpc) is 2.70. The lowest BCUT2D eigenvalue weighted by Crippen LogP contribution is -2.50. The summed E-state index contributed by atoms with van der Waals surface area (Å²) in [7, 11) is 1.50. The van der Waals surface area contributed by atoms with Crippen LogP contribution in [0, 0.1) is 6.92 Å². The Kier molecular flexibility index (Phi) is 8.50. The van der Waals surface area contributed by atoms with Crippen molar-refractivity contribution in [1.82, 2.24) is 16.2 Å². The normalized spacial score (nSPS) is 9.90. The van der Waals surface area contributed by atoms with Crippen molar-refractivity contribution in [3.05, 3.63) is 53.1 Å². The maximum absolute atomic E-state index is 11.9. The minimum absolute atomic E-state index is 0.0860. The number of thiocarbonyl (C=S) groups is 1. The number of methoxy groups -OCH3 is 1. The fraction of sp³-hybridized carbons (Fsp3) is 0.211. The number of rotatable bonds is 7. The van der Waals surface area contributed by atoms with Gasteiger partial charge in [-0.25, -0.2) is 0 Å². The van der Waals surface area contributed by atoms with Gasteiger partial charge >= 0.3 is 0 Å². The Bertz CT molecular complexity index is 894. The zero-order valence-corrected chi connectivity index (χ0v) is 17.4. The summed E-state index contributed by atoms with van der Waals surface area (Å²) in [5, 5.41) is 2.88. The second-order valence-corrected chi connectivity index (χ2v) is 6.53. The molecule has 0 heterocycles. The molecule has 0 atom stereocenters. The SMILES string of the molecule is COc1ccccc1OCC(=O)NNC(=S)NC(=O)COc1ccc(Cl)cc1C. The van der Waals surface area contributed by atoms with Gasteiger partial charge in [0.15, 0.2) is 29.8 Å². The molecule has 2 amide bonds. The molecule has 3 N–H and O–H groups in total. The number of para-hydroxylation sites is 2. The first-order valence-electron chi connectivity index (χ1n) is 8.42. The number of carbonyl (C=O) groups is 2. The Morgan fingerprint density at radius 3 is 2.31 bits per heavy atom. The summed E-state index contributed by atoms with van der Waals surface area (Å²) in [5.74, 6) is 0.477. The first-order chi connectivity index (χ1) is 13.9. The molecule has 2 aromatic rings. The Morgan fingerprint density at radius 1 is 0.966 bits per heavy atom. The summed E-state index contributed by atoms with van der Waals surface area (Å²) in [4.78, 5) is 23.7. The number of aryl methyl sites for hydroxylation is 1. The number of hydrogen-bond donors (Lipinski definition) is 3. The quantitative estimate of drug-likeness (QED) is 0.451. The molecule has 2 rings (SSSR count). The lowest BCUT2D eigenvalue weighted by molar-refractivity contribution is -0.124. The minimum Gasteiger partial charge on any atom is -0.493 e. The average molecular weight is 438 g/mol. The third-order valence-corrected chi connectivity index (χ3v) is 3.93. The smallest absolute Gasteiger partial charge is 0.276 e. The van der Waals surface area contributed by atoms with E-state index in [1.807, 2.05) is 6.92 Å². The molecule has 0 unspecified atom stereocenters. The van der Waals surface area contributed by atoms with Gasteiger partial charge < -0.3 is 14.2 Å². The molecule has 0 fully saturated rings. The number of nitrogens with one attached hydrogen (secondary N) is 3. The Labute approximate surface area is 178 Å². The lowest BCUT2D eigenvalue weighted by Gasteiger charge is -2.13. The van der Waals surface area contributed by atoms with E-state index in [1.54, 1.807) is 42.5 Å². The van der Waals surface area contributed by atoms with E-state index < -0.39 is 11.8 Å². The van der Waals surface area contributed by atoms with E-state index in [9.17, 15) is 9.59 Å². The fourth-order valence-electron chi connectivity index (χ4n) is 2.16. The van der Waals surface area contributed by atoms with Crippen LogP contribution in [0.25, 0.3) is 0 Å². The molecule has 0 aromatic heterocycles. The molecule has 0 bridgehead atoms. The van der Waals surface area contributed by atoms with Crippen molar-refractivity contribution in [3.8, 4) is 17.2 Å². The van der Waals surface area contributed by atoms with Gasteiger partial charge in [-0.2, -0.15) is 0 Å². The van der Waals surface area contributed by atoms with Crippen LogP contribution in [0.5, 0.6) is 17.2 Å². The largest absolute Gasteiger partial charge is 0.493 e. The number of hydrazine groups is 1. The van der Waals surface area contributed by atoms with E-state index in [4.69, 9.17) is 38.0 Å². The van der Waals surface area contributed by atoms with E-state index in [1.165, 1.54) is 7.11 Å². The Hall–Kier alpha value is -3.04. The highest BCUT2D eigenvalue weighted by Crippen LogP contribution is 2.25. The summed E-state index contributed by atoms with van der Waals surface area (Å²) in [6.45, 7) is 1.28. The van der Waals surface area contributed by atoms with Gasteiger partial charge in [-0.05, 0) is 55.0 Å². The summed E-state index contributed by atoms with van der Waals surface area (Å²) in [6, 6.07) is 12.0. The highest BCUT2D eigenvalue weighted by atomic mass is 35.5. The second-order valence-electron chi connectivity index (χ2n) is 5.69. The van der Waals surface area contributed by atoms with Crippen LogP contribution in [-0.4, -0.2) is 37.3 Å². The van der Waals surface area contributed by atoms with Crippen molar-refractivity contribution in [2.45, 2.75) is 6.92 Å². The van der Waals surface area contributed by atoms with Crippen molar-refractivity contribution in [1.29, 1.82) is 0 Å². The topological polar surface area (TPSA) is 97.9 Å². The van der Waals surface area contributed by atoms with Gasteiger partial charge in [0.25, 0.3) is 11.8 Å². The zero-order valence-electron chi connectivity index (χ0n) is 15.8. The van der Waals surface area contributed by atoms with Gasteiger partial charge in [0.05, 0.1) is 7.11 Å². The van der Waals surface area contributed by atoms with Crippen LogP contribution >= 0.6 is 23.8 Å². The summed E-state index contributed by atoms with van der Waals surface area (Å²) in [5.41, 5.74) is 5.53. The van der Waals surface area contributed by atoms with E-state index in [2.05, 4.69) is 16.2 Å². The van der Waals surface area contributed by atoms with E-state index in [0.29, 0.717) is 22.3 Å². The highest BCUT2D eigenvalue weighted by molar-refractivity contribution is 7.80. The van der Waals surface area contributed by atoms with Gasteiger partial charge in [-0.15, -0.1) is 0 Å². The predicted molar refractivity (Wildman–Crippen MR) is 112 cm³/mol. The van der Waals surface area contributed by atoms with Crippen LogP contribution in [0.1, 0.15) is 5.56 Å². The van der Waals surface area contributed by atoms with Gasteiger partial charge in [-0.3, -0.25) is 25.8 Å². The van der Waals surface area contributed by atoms with Gasteiger partial charge in [0.2, 0.25) is 0 Å². The molecule has 8 nitrogen and oxygen atoms in total. The van der Waals surface area contributed by atoms with Crippen molar-refractivity contribution < 1.29 is 23.8 Å². The fourth-order valence-corrected chi connectivity index (χ4v) is 2.55. The number of amides is 2. The first kappa shape index (κ1) is 22.3. The van der Waals surface area contributed by atoms with Crippen molar-refractivity contribution in [3.63, 3.8) is 0 Å². The van der Waals surface area contributed by atoms with Crippen LogP contribution in [-0.2, 0) is 9.59 Å². The molecule has 0 spiro atoms. The van der Waals surface area contributed by atoms with Crippen LogP contribution in [0.4, 0.5) is 0 Å². The van der Waals surface area contributed by atoms with E-state index in [-0.39, 0.29) is 18.3 Å². The summed E-state index contributed by atoms with van der Waals surface area (Å²) < 4.78 is 15.9. The van der Waals surface area contributed by atoms with Crippen molar-refractivity contribution >= 4 is 40.7 Å². The van der Waals surface area contributed by atoms with Crippen LogP contribution in [0.15, 0.2) is 42.5 Å². The maximum atomic E-state index is 11.9. The first-order valence-corrected chi connectivity index (χ1v) is 9.21. The summed E-state index contributed by atoms with van der Waals surface area (Å²) in [6.07, 6.45) is 0. The molecule has 0 saturated heterocycles. The molecular weight excluding hydrogens is 418 g/mol. The monoisotopic (exact) mass is 437 g/mol. The zero-order chi connectivity index (χ0) is 21.2. The summed E-state index contributed by atoms with van der Waals surface area (Å²) >= 11 is 10.8. The molecule has 29 heavy (non-hydrogen) atoms. The third kappa shape index (κ3) is 7.47. The second kappa shape index (κ2) is 11.1. The standard InChI is InChI=1S/C19H20ClN3O5S/c1-12-9-13(20)7-8-14(12)27-10-17(24)21-19(29)23-22-18(25)11-28-16-6-4-3-5-15(16)26-2/h3-9H,10-11H2,1-2H3,(H,22,25)(H2,21,23,24,29). The van der Waals surface area contributed by atoms with Gasteiger partial charge in [-0.1, -0.05) is 23.7 Å². The maximum Gasteiger partial charge on any atom is 0.276 e. The number of ether oxygens (including phenoxy) is 3. The van der Waals surface area contributed by atoms with Gasteiger partial charge in [0, 0.05) is 5.02 Å². The Balaban J connectivity index is 1.69. The van der Waals surface area contributed by atoms with Crippen LogP contribution in [0.3, 0.4) is 0 Å². The van der Waals surface area contributed by atoms with Gasteiger partial charge in [0.1, 0.15) is 5.75 Å². The predicted octanol–water partition coefficient (Wildman–Crippen LogP) is 2.14. The molecule has 0 radical (unpaired) electrons. The number of carbonyl (C=O) groups excluding carboxylic acids is 2. The molecule has 0 aliphatic rings. The van der Waals surface area contributed by atoms with E-state index >= 15 is 0 Å². The highest BCUT2D eigenvalue weighted by Gasteiger charge is 2.10. The molecule has 0 saturated carbocycles. The molecule has 10 heteroatoms. The molecule has 0 aliphatic carbocycles. The number of benzene rings is 2. The third-order valence-electron chi connectivity index (χ3n) is 3.49. The molecule has 154 valence electrons. The molecular formula is C19H20ClN3O5S. The minimum atomic E-state index is -0.499. The number of halogens is 1. The van der Waals surface area contributed by atoms with Crippen molar-refractivity contribution in [2.24, 2.45) is 0 Å². The lowest BCUT2D eigenvalue weighted by atomic mass is 10.2. The number of hydrogen-bond acceptors (Lipinski definition) is 6. The van der Waals surface area contributed by atoms with Crippen molar-refractivity contribution in [2.75, 3.05) is 20.3 Å². The Morgan fingerprint density at radius 2 is 1.62 bits per heavy atom. The van der Waals surface area contributed by atoms with E-state index in [0.717, 1.165) is 5.56 Å². The molecule has 2 aromatic carbocycles. The van der Waals surface area contributed by atoms with Crippen LogP contribution < -0.4 is 30.4 Å². The van der Waals surface area contributed by atoms with Crippen LogP contribution in [0.2, 0.25) is 5.02 Å².